The van der Waals surface area contributed by atoms with Crippen LogP contribution >= 0.6 is 23.8 Å². The molecule has 0 fully saturated rings. The minimum absolute atomic E-state index is 0.0161. The molecule has 0 saturated carbocycles. The summed E-state index contributed by atoms with van der Waals surface area (Å²) in [4.78, 5) is 26.4. The third kappa shape index (κ3) is 4.84. The summed E-state index contributed by atoms with van der Waals surface area (Å²) >= 11 is 11.2. The molecule has 0 bridgehead atoms. The van der Waals surface area contributed by atoms with Gasteiger partial charge in [0.1, 0.15) is 5.75 Å². The van der Waals surface area contributed by atoms with Crippen molar-refractivity contribution in [2.75, 3.05) is 16.8 Å². The zero-order chi connectivity index (χ0) is 21.8. The molecule has 4 rings (SSSR count). The van der Waals surface area contributed by atoms with Crippen LogP contribution in [0.5, 0.6) is 5.75 Å². The largest absolute Gasteiger partial charge is 0.482 e. The van der Waals surface area contributed by atoms with Gasteiger partial charge in [-0.2, -0.15) is 0 Å². The predicted octanol–water partition coefficient (Wildman–Crippen LogP) is 4.39. The zero-order valence-corrected chi connectivity index (χ0v) is 17.9. The summed E-state index contributed by atoms with van der Waals surface area (Å²) in [6.07, 6.45) is 0. The number of benzene rings is 3. The molecule has 0 unspecified atom stereocenters. The minimum atomic E-state index is -0.408. The van der Waals surface area contributed by atoms with Crippen molar-refractivity contribution >= 4 is 52.1 Å². The summed E-state index contributed by atoms with van der Waals surface area (Å²) in [5.41, 5.74) is 3.21. The predicted molar refractivity (Wildman–Crippen MR) is 125 cm³/mol. The van der Waals surface area contributed by atoms with Crippen LogP contribution in [0.4, 0.5) is 11.4 Å². The molecule has 0 aliphatic carbocycles. The van der Waals surface area contributed by atoms with E-state index in [1.54, 1.807) is 41.3 Å². The number of nitrogens with zero attached hydrogens (tertiary/aromatic N) is 1. The van der Waals surface area contributed by atoms with E-state index >= 15 is 0 Å². The molecule has 3 aromatic carbocycles. The molecular weight excluding hydrogens is 434 g/mol. The molecule has 0 radical (unpaired) electrons. The topological polar surface area (TPSA) is 70.7 Å². The van der Waals surface area contributed by atoms with Gasteiger partial charge < -0.3 is 15.0 Å². The number of hydrogen-bond acceptors (Lipinski definition) is 4. The van der Waals surface area contributed by atoms with Gasteiger partial charge in [0.05, 0.1) is 11.6 Å². The van der Waals surface area contributed by atoms with Crippen LogP contribution in [-0.2, 0) is 11.3 Å². The summed E-state index contributed by atoms with van der Waals surface area (Å²) in [6, 6.07) is 21.7. The normalized spacial score (nSPS) is 12.3. The maximum absolute atomic E-state index is 12.6. The van der Waals surface area contributed by atoms with Gasteiger partial charge in [-0.15, -0.1) is 0 Å². The standard InChI is InChI=1S/C23H18ClN3O3S/c24-19-7-3-4-8-20(19)30-14-21(28)26-23(31)25-16-9-11-17(12-10-16)27-13-15-5-1-2-6-18(15)22(27)29/h1-12H,13-14H2,(H2,25,26,28,31). The number of nitrogens with one attached hydrogen (secondary N) is 2. The van der Waals surface area contributed by atoms with Crippen LogP contribution in [0.15, 0.2) is 72.8 Å². The summed E-state index contributed by atoms with van der Waals surface area (Å²) in [5, 5.41) is 6.07. The van der Waals surface area contributed by atoms with Crippen molar-refractivity contribution in [2.45, 2.75) is 6.54 Å². The van der Waals surface area contributed by atoms with Crippen LogP contribution in [0.1, 0.15) is 15.9 Å². The third-order valence-corrected chi connectivity index (χ3v) is 5.22. The Morgan fingerprint density at radius 2 is 1.74 bits per heavy atom. The first-order valence-corrected chi connectivity index (χ1v) is 10.3. The monoisotopic (exact) mass is 451 g/mol. The number of fused-ring (bicyclic) bond motifs is 1. The molecule has 1 heterocycles. The molecule has 156 valence electrons. The fourth-order valence-corrected chi connectivity index (χ4v) is 3.64. The molecule has 1 aliphatic rings. The van der Waals surface area contributed by atoms with Gasteiger partial charge in [0.25, 0.3) is 11.8 Å². The van der Waals surface area contributed by atoms with E-state index in [4.69, 9.17) is 28.6 Å². The van der Waals surface area contributed by atoms with Crippen LogP contribution < -0.4 is 20.3 Å². The average molecular weight is 452 g/mol. The van der Waals surface area contributed by atoms with Crippen molar-refractivity contribution in [3.8, 4) is 5.75 Å². The SMILES string of the molecule is O=C(COc1ccccc1Cl)NC(=S)Nc1ccc(N2Cc3ccccc3C2=O)cc1. The summed E-state index contributed by atoms with van der Waals surface area (Å²) < 4.78 is 5.39. The van der Waals surface area contributed by atoms with Crippen LogP contribution in [0.3, 0.4) is 0 Å². The molecule has 0 saturated heterocycles. The van der Waals surface area contributed by atoms with Crippen LogP contribution in [0, 0.1) is 0 Å². The molecule has 8 heteroatoms. The lowest BCUT2D eigenvalue weighted by Crippen LogP contribution is -2.37. The number of carbonyl (C=O) groups excluding carboxylic acids is 2. The molecule has 1 aliphatic heterocycles. The minimum Gasteiger partial charge on any atom is -0.482 e. The Morgan fingerprint density at radius 1 is 1.03 bits per heavy atom. The number of hydrogen-bond donors (Lipinski definition) is 2. The van der Waals surface area contributed by atoms with Crippen molar-refractivity contribution in [1.82, 2.24) is 5.32 Å². The highest BCUT2D eigenvalue weighted by Crippen LogP contribution is 2.29. The molecule has 31 heavy (non-hydrogen) atoms. The summed E-state index contributed by atoms with van der Waals surface area (Å²) in [5.74, 6) is -0.000487. The van der Waals surface area contributed by atoms with Gasteiger partial charge in [0.15, 0.2) is 11.7 Å². The molecule has 0 spiro atoms. The van der Waals surface area contributed by atoms with Crippen molar-refractivity contribution in [1.29, 1.82) is 0 Å². The van der Waals surface area contributed by atoms with Crippen LogP contribution in [0.2, 0.25) is 5.02 Å². The highest BCUT2D eigenvalue weighted by molar-refractivity contribution is 7.80. The lowest BCUT2D eigenvalue weighted by atomic mass is 10.1. The van der Waals surface area contributed by atoms with Gasteiger partial charge in [-0.1, -0.05) is 41.9 Å². The van der Waals surface area contributed by atoms with Crippen molar-refractivity contribution in [3.63, 3.8) is 0 Å². The average Bonchev–Trinajstić information content (AvgIpc) is 3.10. The number of amides is 2. The number of halogens is 1. The molecular formula is C23H18ClN3O3S. The van der Waals surface area contributed by atoms with Gasteiger partial charge >= 0.3 is 0 Å². The Bertz CT molecular complexity index is 1150. The smallest absolute Gasteiger partial charge is 0.264 e. The number of carbonyl (C=O) groups is 2. The second kappa shape index (κ2) is 9.16. The first-order valence-electron chi connectivity index (χ1n) is 9.49. The number of anilines is 2. The molecule has 0 atom stereocenters. The Labute approximate surface area is 189 Å². The molecule has 3 aromatic rings. The van der Waals surface area contributed by atoms with E-state index in [-0.39, 0.29) is 17.6 Å². The van der Waals surface area contributed by atoms with E-state index in [0.717, 1.165) is 16.8 Å². The third-order valence-electron chi connectivity index (χ3n) is 4.71. The Hall–Kier alpha value is -3.42. The number of thiocarbonyl (C=S) groups is 1. The number of para-hydroxylation sites is 1. The first kappa shape index (κ1) is 20.8. The van der Waals surface area contributed by atoms with Gasteiger partial charge in [0.2, 0.25) is 0 Å². The van der Waals surface area contributed by atoms with E-state index in [1.807, 2.05) is 36.4 Å². The fraction of sp³-hybridized carbons (Fsp3) is 0.0870. The highest BCUT2D eigenvalue weighted by Gasteiger charge is 2.27. The van der Waals surface area contributed by atoms with Crippen LogP contribution in [-0.4, -0.2) is 23.5 Å². The number of ether oxygens (including phenoxy) is 1. The highest BCUT2D eigenvalue weighted by atomic mass is 35.5. The van der Waals surface area contributed by atoms with Crippen molar-refractivity contribution in [2.24, 2.45) is 0 Å². The molecule has 2 amide bonds. The van der Waals surface area contributed by atoms with Crippen molar-refractivity contribution < 1.29 is 14.3 Å². The second-order valence-corrected chi connectivity index (χ2v) is 7.63. The van der Waals surface area contributed by atoms with E-state index < -0.39 is 5.91 Å². The maximum Gasteiger partial charge on any atom is 0.264 e. The molecule has 2 N–H and O–H groups in total. The van der Waals surface area contributed by atoms with Gasteiger partial charge in [-0.25, -0.2) is 0 Å². The van der Waals surface area contributed by atoms with Crippen molar-refractivity contribution in [3.05, 3.63) is 88.9 Å². The van der Waals surface area contributed by atoms with E-state index in [0.29, 0.717) is 23.0 Å². The lowest BCUT2D eigenvalue weighted by molar-refractivity contribution is -0.121. The van der Waals surface area contributed by atoms with E-state index in [1.165, 1.54) is 0 Å². The second-order valence-electron chi connectivity index (χ2n) is 6.82. The van der Waals surface area contributed by atoms with Gasteiger partial charge in [0, 0.05) is 16.9 Å². The Morgan fingerprint density at radius 3 is 2.48 bits per heavy atom. The lowest BCUT2D eigenvalue weighted by Gasteiger charge is -2.17. The van der Waals surface area contributed by atoms with Gasteiger partial charge in [-0.05, 0) is 60.2 Å². The first-order chi connectivity index (χ1) is 15.0. The maximum atomic E-state index is 12.6. The van der Waals surface area contributed by atoms with E-state index in [2.05, 4.69) is 10.6 Å². The molecule has 0 aromatic heterocycles. The van der Waals surface area contributed by atoms with Crippen LogP contribution in [0.25, 0.3) is 0 Å². The Kier molecular flexibility index (Phi) is 6.16. The summed E-state index contributed by atoms with van der Waals surface area (Å²) in [7, 11) is 0. The summed E-state index contributed by atoms with van der Waals surface area (Å²) in [6.45, 7) is 0.323. The molecule has 6 nitrogen and oxygen atoms in total. The number of rotatable bonds is 5. The zero-order valence-electron chi connectivity index (χ0n) is 16.3. The quantitative estimate of drug-likeness (QED) is 0.563. The van der Waals surface area contributed by atoms with E-state index in [9.17, 15) is 9.59 Å². The Balaban J connectivity index is 1.30. The van der Waals surface area contributed by atoms with Gasteiger partial charge in [-0.3, -0.25) is 14.9 Å². The fourth-order valence-electron chi connectivity index (χ4n) is 3.22.